The molecule has 2 nitrogen and oxygen atoms in total. The molecule has 2 heterocycles. The Morgan fingerprint density at radius 3 is 2.55 bits per heavy atom. The van der Waals surface area contributed by atoms with Crippen LogP contribution in [0.5, 0.6) is 5.75 Å². The maximum atomic E-state index is 6.21. The molecule has 116 valence electrons. The lowest BCUT2D eigenvalue weighted by Crippen LogP contribution is -2.35. The molecule has 0 amide bonds. The van der Waals surface area contributed by atoms with Crippen LogP contribution in [0.25, 0.3) is 0 Å². The van der Waals surface area contributed by atoms with E-state index in [2.05, 4.69) is 69.9 Å². The van der Waals surface area contributed by atoms with Crippen molar-refractivity contribution >= 4 is 0 Å². The first-order valence-corrected chi connectivity index (χ1v) is 8.01. The summed E-state index contributed by atoms with van der Waals surface area (Å²) in [5, 5.41) is 0. The van der Waals surface area contributed by atoms with Gasteiger partial charge in [0.2, 0.25) is 0 Å². The molecular formula is C20H25NO. The number of ether oxygens (including phenoxy) is 1. The fourth-order valence-electron chi connectivity index (χ4n) is 3.17. The van der Waals surface area contributed by atoms with Crippen LogP contribution in [-0.4, -0.2) is 10.6 Å². The summed E-state index contributed by atoms with van der Waals surface area (Å²) >= 11 is 0. The van der Waals surface area contributed by atoms with E-state index < -0.39 is 0 Å². The van der Waals surface area contributed by atoms with Crippen LogP contribution < -0.4 is 4.74 Å². The van der Waals surface area contributed by atoms with Gasteiger partial charge in [0.15, 0.2) is 0 Å². The smallest absolute Gasteiger partial charge is 0.124 e. The van der Waals surface area contributed by atoms with Crippen molar-refractivity contribution in [2.24, 2.45) is 0 Å². The van der Waals surface area contributed by atoms with Crippen molar-refractivity contribution in [3.05, 3.63) is 59.4 Å². The fraction of sp³-hybridized carbons (Fsp3) is 0.450. The van der Waals surface area contributed by atoms with Crippen LogP contribution in [0.3, 0.4) is 0 Å². The molecular weight excluding hydrogens is 270 g/mol. The third-order valence-electron chi connectivity index (χ3n) is 4.38. The minimum atomic E-state index is -0.168. The maximum absolute atomic E-state index is 6.21. The Morgan fingerprint density at radius 2 is 1.91 bits per heavy atom. The summed E-state index contributed by atoms with van der Waals surface area (Å²) in [6, 6.07) is 12.8. The van der Waals surface area contributed by atoms with Crippen LogP contribution in [0, 0.1) is 0 Å². The van der Waals surface area contributed by atoms with Gasteiger partial charge in [0.1, 0.15) is 11.4 Å². The number of fused-ring (bicyclic) bond motifs is 1. The molecule has 2 aromatic rings. The Kier molecular flexibility index (Phi) is 3.51. The Balaban J connectivity index is 2.13. The number of benzene rings is 1. The highest BCUT2D eigenvalue weighted by Gasteiger charge is 2.35. The standard InChI is InChI=1S/C20H25NO/c1-19(2,3)14-9-10-18-15(12-14)16(13-20(4,5)22-18)17-8-6-7-11-21-17/h6-12,16H,13H2,1-5H3. The second kappa shape index (κ2) is 5.12. The van der Waals surface area contributed by atoms with E-state index in [1.54, 1.807) is 0 Å². The molecule has 0 N–H and O–H groups in total. The summed E-state index contributed by atoms with van der Waals surface area (Å²) < 4.78 is 6.21. The first-order valence-electron chi connectivity index (χ1n) is 8.01. The van der Waals surface area contributed by atoms with Gasteiger partial charge in [-0.1, -0.05) is 39.0 Å². The Bertz CT molecular complexity index is 668. The van der Waals surface area contributed by atoms with Crippen LogP contribution in [0.4, 0.5) is 0 Å². The van der Waals surface area contributed by atoms with Gasteiger partial charge in [0, 0.05) is 23.4 Å². The normalized spacial score (nSPS) is 20.1. The highest BCUT2D eigenvalue weighted by molar-refractivity contribution is 5.47. The molecule has 1 unspecified atom stereocenters. The third-order valence-corrected chi connectivity index (χ3v) is 4.38. The molecule has 0 bridgehead atoms. The molecule has 0 spiro atoms. The first kappa shape index (κ1) is 15.1. The quantitative estimate of drug-likeness (QED) is 0.732. The van der Waals surface area contributed by atoms with Crippen molar-refractivity contribution in [2.75, 3.05) is 0 Å². The lowest BCUT2D eigenvalue weighted by atomic mass is 9.78. The Morgan fingerprint density at radius 1 is 1.14 bits per heavy atom. The van der Waals surface area contributed by atoms with Gasteiger partial charge < -0.3 is 4.74 Å². The van der Waals surface area contributed by atoms with Gasteiger partial charge in [-0.2, -0.15) is 0 Å². The number of nitrogens with zero attached hydrogens (tertiary/aromatic N) is 1. The summed E-state index contributed by atoms with van der Waals surface area (Å²) in [4.78, 5) is 4.60. The summed E-state index contributed by atoms with van der Waals surface area (Å²) in [6.45, 7) is 11.1. The van der Waals surface area contributed by atoms with Crippen LogP contribution in [0.1, 0.15) is 63.8 Å². The van der Waals surface area contributed by atoms with Gasteiger partial charge in [-0.3, -0.25) is 4.98 Å². The molecule has 1 aliphatic rings. The lowest BCUT2D eigenvalue weighted by molar-refractivity contribution is 0.0768. The minimum Gasteiger partial charge on any atom is -0.488 e. The molecule has 1 aliphatic heterocycles. The Hall–Kier alpha value is -1.83. The molecule has 0 aliphatic carbocycles. The summed E-state index contributed by atoms with van der Waals surface area (Å²) in [5.74, 6) is 1.29. The van der Waals surface area contributed by atoms with E-state index in [-0.39, 0.29) is 11.0 Å². The van der Waals surface area contributed by atoms with Crippen molar-refractivity contribution < 1.29 is 4.74 Å². The predicted molar refractivity (Wildman–Crippen MR) is 90.5 cm³/mol. The van der Waals surface area contributed by atoms with Gasteiger partial charge in [0.05, 0.1) is 0 Å². The summed E-state index contributed by atoms with van der Waals surface area (Å²) in [7, 11) is 0. The van der Waals surface area contributed by atoms with Gasteiger partial charge in [-0.05, 0) is 49.4 Å². The zero-order chi connectivity index (χ0) is 16.0. The van der Waals surface area contributed by atoms with E-state index in [1.165, 1.54) is 11.1 Å². The summed E-state index contributed by atoms with van der Waals surface area (Å²) in [5.41, 5.74) is 3.71. The third kappa shape index (κ3) is 2.87. The fourth-order valence-corrected chi connectivity index (χ4v) is 3.17. The van der Waals surface area contributed by atoms with Crippen LogP contribution >= 0.6 is 0 Å². The van der Waals surface area contributed by atoms with E-state index in [0.717, 1.165) is 17.9 Å². The van der Waals surface area contributed by atoms with Gasteiger partial charge in [-0.15, -0.1) is 0 Å². The molecule has 0 fully saturated rings. The first-order chi connectivity index (χ1) is 10.3. The number of pyridine rings is 1. The van der Waals surface area contributed by atoms with E-state index >= 15 is 0 Å². The number of rotatable bonds is 1. The van der Waals surface area contributed by atoms with E-state index in [9.17, 15) is 0 Å². The molecule has 0 radical (unpaired) electrons. The van der Waals surface area contributed by atoms with Crippen molar-refractivity contribution in [3.63, 3.8) is 0 Å². The molecule has 22 heavy (non-hydrogen) atoms. The second-order valence-electron chi connectivity index (χ2n) is 7.88. The number of hydrogen-bond acceptors (Lipinski definition) is 2. The molecule has 1 aromatic heterocycles. The highest BCUT2D eigenvalue weighted by Crippen LogP contribution is 2.44. The largest absolute Gasteiger partial charge is 0.488 e. The monoisotopic (exact) mass is 295 g/mol. The van der Waals surface area contributed by atoms with Crippen molar-refractivity contribution in [2.45, 2.75) is 58.0 Å². The van der Waals surface area contributed by atoms with Gasteiger partial charge in [-0.25, -0.2) is 0 Å². The summed E-state index contributed by atoms with van der Waals surface area (Å²) in [6.07, 6.45) is 2.83. The van der Waals surface area contributed by atoms with Crippen molar-refractivity contribution in [3.8, 4) is 5.75 Å². The zero-order valence-corrected chi connectivity index (χ0v) is 14.2. The topological polar surface area (TPSA) is 22.1 Å². The predicted octanol–water partition coefficient (Wildman–Crippen LogP) is 5.07. The Labute approximate surface area is 133 Å². The van der Waals surface area contributed by atoms with Crippen LogP contribution in [0.2, 0.25) is 0 Å². The molecule has 3 rings (SSSR count). The number of hydrogen-bond donors (Lipinski definition) is 0. The van der Waals surface area contributed by atoms with Crippen molar-refractivity contribution in [1.82, 2.24) is 4.98 Å². The van der Waals surface area contributed by atoms with Gasteiger partial charge in [0.25, 0.3) is 0 Å². The molecule has 1 atom stereocenters. The van der Waals surface area contributed by atoms with Gasteiger partial charge >= 0.3 is 0 Å². The lowest BCUT2D eigenvalue weighted by Gasteiger charge is -2.38. The van der Waals surface area contributed by atoms with E-state index in [1.807, 2.05) is 12.3 Å². The minimum absolute atomic E-state index is 0.136. The molecule has 0 saturated carbocycles. The molecule has 2 heteroatoms. The highest BCUT2D eigenvalue weighted by atomic mass is 16.5. The molecule has 1 aromatic carbocycles. The average Bonchev–Trinajstić information content (AvgIpc) is 2.45. The SMILES string of the molecule is CC1(C)CC(c2ccccn2)c2cc(C(C)(C)C)ccc2O1. The maximum Gasteiger partial charge on any atom is 0.124 e. The molecule has 0 saturated heterocycles. The number of aromatic nitrogens is 1. The zero-order valence-electron chi connectivity index (χ0n) is 14.2. The second-order valence-corrected chi connectivity index (χ2v) is 7.88. The van der Waals surface area contributed by atoms with E-state index in [0.29, 0.717) is 5.92 Å². The van der Waals surface area contributed by atoms with Crippen LogP contribution in [0.15, 0.2) is 42.6 Å². The van der Waals surface area contributed by atoms with E-state index in [4.69, 9.17) is 4.74 Å². The van der Waals surface area contributed by atoms with Crippen LogP contribution in [-0.2, 0) is 5.41 Å². The average molecular weight is 295 g/mol. The van der Waals surface area contributed by atoms with Crippen molar-refractivity contribution in [1.29, 1.82) is 0 Å².